The molecule has 1 aromatic heterocycles. The van der Waals surface area contributed by atoms with Crippen LogP contribution in [0.3, 0.4) is 0 Å². The Morgan fingerprint density at radius 3 is 2.23 bits per heavy atom. The minimum Gasteiger partial charge on any atom is -0.386 e. The van der Waals surface area contributed by atoms with Crippen LogP contribution in [-0.4, -0.2) is 36.4 Å². The van der Waals surface area contributed by atoms with E-state index in [0.717, 1.165) is 6.67 Å². The van der Waals surface area contributed by atoms with Crippen molar-refractivity contribution in [2.45, 2.75) is 33.5 Å². The predicted molar refractivity (Wildman–Crippen MR) is 97.3 cm³/mol. The van der Waals surface area contributed by atoms with E-state index in [2.05, 4.69) is 89.3 Å². The Balaban J connectivity index is 1.97. The molecule has 0 unspecified atom stereocenters. The molecule has 1 aromatic carbocycles. The zero-order chi connectivity index (χ0) is 15.7. The number of aromatic nitrogens is 1. The van der Waals surface area contributed by atoms with Crippen LogP contribution in [0.15, 0.2) is 48.7 Å². The highest BCUT2D eigenvalue weighted by Gasteiger charge is 2.42. The number of benzene rings is 1. The fourth-order valence-corrected chi connectivity index (χ4v) is 3.59. The molecule has 1 N–H and O–H groups in total. The minimum atomic E-state index is 0.355. The van der Waals surface area contributed by atoms with E-state index in [1.54, 1.807) is 0 Å². The maximum absolute atomic E-state index is 3.36. The first-order chi connectivity index (χ1) is 10.6. The first-order valence-electron chi connectivity index (χ1n) is 8.08. The molecule has 1 saturated heterocycles. The average Bonchev–Trinajstić information content (AvgIpc) is 3.02. The second kappa shape index (κ2) is 6.13. The molecule has 0 spiro atoms. The summed E-state index contributed by atoms with van der Waals surface area (Å²) in [6.07, 6.45) is 1.99. The average molecular weight is 294 g/mol. The van der Waals surface area contributed by atoms with Gasteiger partial charge >= 0.3 is 14.0 Å². The number of nitrogens with zero attached hydrogens (tertiary/aromatic N) is 3. The van der Waals surface area contributed by atoms with Crippen LogP contribution in [-0.2, 0) is 0 Å². The van der Waals surface area contributed by atoms with Crippen LogP contribution in [0, 0.1) is 0 Å². The largest absolute Gasteiger partial charge is 0.386 e. The van der Waals surface area contributed by atoms with E-state index in [1.165, 1.54) is 11.5 Å². The van der Waals surface area contributed by atoms with Crippen molar-refractivity contribution in [3.05, 3.63) is 48.7 Å². The zero-order valence-corrected chi connectivity index (χ0v) is 13.9. The number of H-pyrrole nitrogens is 1. The molecule has 0 aliphatic carbocycles. The summed E-state index contributed by atoms with van der Waals surface area (Å²) in [5.74, 6) is 1.17. The fraction of sp³-hybridized carbons (Fsp3) is 0.375. The van der Waals surface area contributed by atoms with Crippen LogP contribution in [0.4, 0.5) is 11.5 Å². The molecule has 1 aliphatic rings. The number of hydrogen-bond acceptors (Lipinski definition) is 3. The molecule has 0 atom stereocenters. The molecule has 114 valence electrons. The summed E-state index contributed by atoms with van der Waals surface area (Å²) in [6.45, 7) is 10.7. The molecule has 0 radical (unpaired) electrons. The summed E-state index contributed by atoms with van der Waals surface area (Å²) in [4.78, 5) is 8.24. The maximum atomic E-state index is 3.36. The van der Waals surface area contributed by atoms with Crippen LogP contribution < -0.4 is 9.62 Å². The number of anilines is 2. The smallest absolute Gasteiger partial charge is 0.332 e. The molecule has 4 nitrogen and oxygen atoms in total. The van der Waals surface area contributed by atoms with E-state index in [4.69, 9.17) is 0 Å². The highest BCUT2D eigenvalue weighted by molar-refractivity contribution is 6.77. The quantitative estimate of drug-likeness (QED) is 0.880. The summed E-state index contributed by atoms with van der Waals surface area (Å²) in [5, 5.41) is 0. The molecule has 2 heterocycles. The SMILES string of the molecule is CB1N(c2ccccc2)CN(c2ccc[nH]2)B(C)N1C(C)C. The van der Waals surface area contributed by atoms with Crippen molar-refractivity contribution in [1.82, 2.24) is 9.71 Å². The molecule has 22 heavy (non-hydrogen) atoms. The Labute approximate surface area is 134 Å². The second-order valence-corrected chi connectivity index (χ2v) is 6.28. The normalized spacial score (nSPS) is 16.8. The molecular formula is C16H24B2N4. The summed E-state index contributed by atoms with van der Waals surface area (Å²) < 4.78 is 2.55. The Morgan fingerprint density at radius 2 is 1.64 bits per heavy atom. The number of hydrogen-bond donors (Lipinski definition) is 1. The zero-order valence-electron chi connectivity index (χ0n) is 13.9. The second-order valence-electron chi connectivity index (χ2n) is 6.28. The Bertz CT molecular complexity index is 587. The van der Waals surface area contributed by atoms with Gasteiger partial charge in [0.25, 0.3) is 0 Å². The topological polar surface area (TPSA) is 25.5 Å². The van der Waals surface area contributed by atoms with Crippen LogP contribution in [0.5, 0.6) is 0 Å². The molecule has 2 aromatic rings. The number of rotatable bonds is 3. The monoisotopic (exact) mass is 294 g/mol. The molecule has 0 amide bonds. The van der Waals surface area contributed by atoms with Gasteiger partial charge in [-0.3, -0.25) is 0 Å². The number of para-hydroxylation sites is 1. The van der Waals surface area contributed by atoms with Crippen molar-refractivity contribution in [3.63, 3.8) is 0 Å². The lowest BCUT2D eigenvalue weighted by Crippen LogP contribution is -2.72. The molecule has 6 heteroatoms. The van der Waals surface area contributed by atoms with Crippen molar-refractivity contribution in [2.75, 3.05) is 16.3 Å². The van der Waals surface area contributed by atoms with Gasteiger partial charge in [0, 0.05) is 11.9 Å². The fourth-order valence-electron chi connectivity index (χ4n) is 3.59. The summed E-state index contributed by atoms with van der Waals surface area (Å²) in [5.41, 5.74) is 1.27. The third kappa shape index (κ3) is 2.63. The Hall–Kier alpha value is -1.81. The number of nitrogens with one attached hydrogen (secondary N) is 1. The molecule has 1 fully saturated rings. The minimum absolute atomic E-state index is 0.355. The van der Waals surface area contributed by atoms with E-state index in [-0.39, 0.29) is 0 Å². The van der Waals surface area contributed by atoms with Crippen molar-refractivity contribution in [1.29, 1.82) is 0 Å². The first kappa shape index (κ1) is 15.1. The van der Waals surface area contributed by atoms with Crippen molar-refractivity contribution in [2.24, 2.45) is 0 Å². The van der Waals surface area contributed by atoms with Crippen LogP contribution in [0.25, 0.3) is 0 Å². The number of aromatic amines is 1. The highest BCUT2D eigenvalue weighted by Crippen LogP contribution is 2.27. The molecule has 0 saturated carbocycles. The third-order valence-electron chi connectivity index (χ3n) is 4.64. The summed E-state index contributed by atoms with van der Waals surface area (Å²) in [7, 11) is 0. The van der Waals surface area contributed by atoms with E-state index in [0.29, 0.717) is 20.0 Å². The van der Waals surface area contributed by atoms with Gasteiger partial charge in [-0.05, 0) is 30.3 Å². The van der Waals surface area contributed by atoms with E-state index in [9.17, 15) is 0 Å². The van der Waals surface area contributed by atoms with Gasteiger partial charge in [-0.25, -0.2) is 0 Å². The lowest BCUT2D eigenvalue weighted by Gasteiger charge is -2.51. The van der Waals surface area contributed by atoms with Gasteiger partial charge in [0.05, 0.1) is 12.5 Å². The highest BCUT2D eigenvalue weighted by atomic mass is 15.4. The maximum Gasteiger partial charge on any atom is 0.332 e. The van der Waals surface area contributed by atoms with Crippen LogP contribution in [0.2, 0.25) is 13.6 Å². The van der Waals surface area contributed by atoms with Gasteiger partial charge in [0.2, 0.25) is 0 Å². The van der Waals surface area contributed by atoms with Gasteiger partial charge in [-0.2, -0.15) is 0 Å². The van der Waals surface area contributed by atoms with E-state index < -0.39 is 0 Å². The van der Waals surface area contributed by atoms with Crippen LogP contribution >= 0.6 is 0 Å². The Kier molecular flexibility index (Phi) is 4.21. The van der Waals surface area contributed by atoms with Crippen molar-refractivity contribution >= 4 is 25.5 Å². The van der Waals surface area contributed by atoms with E-state index >= 15 is 0 Å². The summed E-state index contributed by atoms with van der Waals surface area (Å²) in [6, 6.07) is 15.4. The lowest BCUT2D eigenvalue weighted by molar-refractivity contribution is 0.507. The predicted octanol–water partition coefficient (Wildman–Crippen LogP) is 3.25. The first-order valence-corrected chi connectivity index (χ1v) is 8.08. The molecule has 1 aliphatic heterocycles. The van der Waals surface area contributed by atoms with Crippen molar-refractivity contribution in [3.8, 4) is 0 Å². The van der Waals surface area contributed by atoms with Gasteiger partial charge in [-0.15, -0.1) is 0 Å². The molecule has 3 rings (SSSR count). The van der Waals surface area contributed by atoms with Crippen molar-refractivity contribution < 1.29 is 0 Å². The lowest BCUT2D eigenvalue weighted by atomic mass is 9.56. The molecular weight excluding hydrogens is 270 g/mol. The Morgan fingerprint density at radius 1 is 0.955 bits per heavy atom. The van der Waals surface area contributed by atoms with Gasteiger partial charge in [-0.1, -0.05) is 45.7 Å². The third-order valence-corrected chi connectivity index (χ3v) is 4.64. The van der Waals surface area contributed by atoms with Gasteiger partial charge < -0.3 is 19.3 Å². The van der Waals surface area contributed by atoms with Crippen LogP contribution in [0.1, 0.15) is 13.8 Å². The van der Waals surface area contributed by atoms with Gasteiger partial charge in [0.15, 0.2) is 0 Å². The molecule has 0 bridgehead atoms. The standard InChI is InChI=1S/C16H24B2N4/c1-14(2)22-17(3)20(15-9-6-5-7-10-15)13-21(18(22)4)16-11-8-12-19-16/h5-12,14,19H,13H2,1-4H3. The van der Waals surface area contributed by atoms with E-state index in [1.807, 2.05) is 6.20 Å². The summed E-state index contributed by atoms with van der Waals surface area (Å²) >= 11 is 0. The van der Waals surface area contributed by atoms with Gasteiger partial charge in [0.1, 0.15) is 0 Å².